The molecule has 0 bridgehead atoms. The lowest BCUT2D eigenvalue weighted by molar-refractivity contribution is -0.151. The number of methoxy groups -OCH3 is 1. The smallest absolute Gasteiger partial charge is 0.323 e. The van der Waals surface area contributed by atoms with Crippen molar-refractivity contribution in [2.24, 2.45) is 5.92 Å². The highest BCUT2D eigenvalue weighted by molar-refractivity contribution is 6.04. The van der Waals surface area contributed by atoms with Crippen LogP contribution in [0.15, 0.2) is 79.0 Å². The Kier molecular flexibility index (Phi) is 10.9. The normalized spacial score (nSPS) is 13.9. The molecule has 1 aromatic heterocycles. The maximum atomic E-state index is 13.0. The monoisotopic (exact) mass is 611 g/mol. The minimum Gasteiger partial charge on any atom is -0.493 e. The summed E-state index contributed by atoms with van der Waals surface area (Å²) in [4.78, 5) is 30.0. The van der Waals surface area contributed by atoms with Crippen molar-refractivity contribution in [1.82, 2.24) is 10.3 Å². The summed E-state index contributed by atoms with van der Waals surface area (Å²) in [6.45, 7) is 5.22. The lowest BCUT2D eigenvalue weighted by atomic mass is 10.1. The summed E-state index contributed by atoms with van der Waals surface area (Å²) in [7, 11) is 1.58. The molecule has 3 aromatic carbocycles. The van der Waals surface area contributed by atoms with E-state index < -0.39 is 6.04 Å². The van der Waals surface area contributed by atoms with Crippen molar-refractivity contribution in [2.45, 2.75) is 58.1 Å². The Hall–Kier alpha value is -4.63. The van der Waals surface area contributed by atoms with Gasteiger partial charge in [-0.3, -0.25) is 14.6 Å². The second-order valence-electron chi connectivity index (χ2n) is 11.6. The molecule has 1 amide bonds. The molecule has 1 atom stereocenters. The predicted octanol–water partition coefficient (Wildman–Crippen LogP) is 7.16. The Bertz CT molecular complexity index is 1570. The van der Waals surface area contributed by atoms with Crippen molar-refractivity contribution in [2.75, 3.05) is 25.6 Å². The van der Waals surface area contributed by atoms with Crippen LogP contribution in [-0.2, 0) is 9.53 Å². The molecule has 236 valence electrons. The lowest BCUT2D eigenvalue weighted by Gasteiger charge is -2.21. The zero-order valence-electron chi connectivity index (χ0n) is 26.1. The van der Waals surface area contributed by atoms with Crippen LogP contribution in [0.4, 0.5) is 5.69 Å². The number of rotatable bonds is 14. The molecule has 2 N–H and O–H groups in total. The van der Waals surface area contributed by atoms with E-state index >= 15 is 0 Å². The topological polar surface area (TPSA) is 108 Å². The van der Waals surface area contributed by atoms with Crippen molar-refractivity contribution < 1.29 is 28.5 Å². The van der Waals surface area contributed by atoms with Gasteiger partial charge in [-0.15, -0.1) is 0 Å². The second-order valence-corrected chi connectivity index (χ2v) is 11.6. The Morgan fingerprint density at radius 3 is 2.40 bits per heavy atom. The van der Waals surface area contributed by atoms with Gasteiger partial charge in [-0.1, -0.05) is 32.0 Å². The van der Waals surface area contributed by atoms with Gasteiger partial charge in [0, 0.05) is 35.3 Å². The van der Waals surface area contributed by atoms with E-state index in [0.29, 0.717) is 65.3 Å². The number of ether oxygens (including phenoxy) is 4. The molecule has 1 heterocycles. The molecule has 1 aliphatic carbocycles. The molecule has 0 spiro atoms. The van der Waals surface area contributed by atoms with E-state index in [0.717, 1.165) is 31.1 Å². The molecule has 4 aromatic rings. The first kappa shape index (κ1) is 31.8. The zero-order valence-corrected chi connectivity index (χ0v) is 26.1. The van der Waals surface area contributed by atoms with E-state index in [2.05, 4.69) is 29.5 Å². The highest BCUT2D eigenvalue weighted by atomic mass is 16.5. The molecule has 9 nitrogen and oxygen atoms in total. The van der Waals surface area contributed by atoms with Gasteiger partial charge in [-0.25, -0.2) is 0 Å². The van der Waals surface area contributed by atoms with Gasteiger partial charge in [-0.2, -0.15) is 0 Å². The van der Waals surface area contributed by atoms with Gasteiger partial charge in [0.05, 0.1) is 19.2 Å². The first-order chi connectivity index (χ1) is 21.9. The minimum atomic E-state index is -0.448. The van der Waals surface area contributed by atoms with Crippen LogP contribution in [0, 0.1) is 5.92 Å². The fourth-order valence-corrected chi connectivity index (χ4v) is 5.24. The van der Waals surface area contributed by atoms with Crippen molar-refractivity contribution in [3.05, 3.63) is 84.6 Å². The van der Waals surface area contributed by atoms with E-state index in [4.69, 9.17) is 18.9 Å². The van der Waals surface area contributed by atoms with Crippen molar-refractivity contribution in [1.29, 1.82) is 0 Å². The number of esters is 1. The van der Waals surface area contributed by atoms with Gasteiger partial charge in [-0.05, 0) is 86.7 Å². The van der Waals surface area contributed by atoms with Crippen LogP contribution in [0.5, 0.6) is 23.0 Å². The van der Waals surface area contributed by atoms with Crippen LogP contribution in [0.3, 0.4) is 0 Å². The molecular formula is C36H41N3O6. The van der Waals surface area contributed by atoms with E-state index in [9.17, 15) is 9.59 Å². The van der Waals surface area contributed by atoms with Crippen molar-refractivity contribution in [3.63, 3.8) is 0 Å². The SMILES string of the molecule is COc1cc2c(Oc3ccc(NC(=O)c4ccccc4)cc3)ccnc2cc1OCCC(NCC(C)C)C(=O)OC1CCCC1. The standard InChI is InChI=1S/C36H41N3O6/c1-24(2)23-38-30(36(41)45-27-11-7-8-12-27)18-20-43-34-22-31-29(21-33(34)42-3)32(17-19-37-31)44-28-15-13-26(14-16-28)39-35(40)25-9-5-4-6-10-25/h4-6,9-10,13-17,19,21-22,24,27,30,38H,7-8,11-12,18,20,23H2,1-3H3,(H,39,40). The quantitative estimate of drug-likeness (QED) is 0.145. The summed E-state index contributed by atoms with van der Waals surface area (Å²) in [5.74, 6) is 2.25. The molecule has 0 aliphatic heterocycles. The first-order valence-corrected chi connectivity index (χ1v) is 15.6. The number of fused-ring (bicyclic) bond motifs is 1. The summed E-state index contributed by atoms with van der Waals surface area (Å²) < 4.78 is 23.8. The summed E-state index contributed by atoms with van der Waals surface area (Å²) >= 11 is 0. The summed E-state index contributed by atoms with van der Waals surface area (Å²) in [5, 5.41) is 7.00. The molecule has 1 fully saturated rings. The van der Waals surface area contributed by atoms with Crippen molar-refractivity contribution in [3.8, 4) is 23.0 Å². The molecule has 1 aliphatic rings. The third-order valence-corrected chi connectivity index (χ3v) is 7.67. The average Bonchev–Trinajstić information content (AvgIpc) is 3.56. The maximum absolute atomic E-state index is 13.0. The number of nitrogens with one attached hydrogen (secondary N) is 2. The molecule has 9 heteroatoms. The van der Waals surface area contributed by atoms with E-state index in [-0.39, 0.29) is 18.0 Å². The molecule has 0 saturated heterocycles. The predicted molar refractivity (Wildman–Crippen MR) is 174 cm³/mol. The molecule has 45 heavy (non-hydrogen) atoms. The average molecular weight is 612 g/mol. The molecule has 5 rings (SSSR count). The Labute approximate surface area is 264 Å². The Morgan fingerprint density at radius 2 is 1.69 bits per heavy atom. The van der Waals surface area contributed by atoms with Crippen LogP contribution in [0.25, 0.3) is 10.9 Å². The number of carbonyl (C=O) groups is 2. The van der Waals surface area contributed by atoms with Gasteiger partial charge < -0.3 is 29.6 Å². The van der Waals surface area contributed by atoms with E-state index in [1.165, 1.54) is 0 Å². The number of aromatic nitrogens is 1. The van der Waals surface area contributed by atoms with Gasteiger partial charge >= 0.3 is 5.97 Å². The molecule has 0 radical (unpaired) electrons. The largest absolute Gasteiger partial charge is 0.493 e. The number of amides is 1. The van der Waals surface area contributed by atoms with E-state index in [1.54, 1.807) is 55.8 Å². The number of hydrogen-bond donors (Lipinski definition) is 2. The molecule has 1 unspecified atom stereocenters. The fourth-order valence-electron chi connectivity index (χ4n) is 5.24. The van der Waals surface area contributed by atoms with Crippen molar-refractivity contribution >= 4 is 28.5 Å². The fraction of sp³-hybridized carbons (Fsp3) is 0.361. The Balaban J connectivity index is 1.24. The lowest BCUT2D eigenvalue weighted by Crippen LogP contribution is -2.42. The molecule has 1 saturated carbocycles. The van der Waals surface area contributed by atoms with Gasteiger partial charge in [0.15, 0.2) is 11.5 Å². The number of carbonyl (C=O) groups excluding carboxylic acids is 2. The summed E-state index contributed by atoms with van der Waals surface area (Å²) in [6, 6.07) is 21.2. The third kappa shape index (κ3) is 8.73. The zero-order chi connectivity index (χ0) is 31.6. The second kappa shape index (κ2) is 15.4. The number of anilines is 1. The highest BCUT2D eigenvalue weighted by Gasteiger charge is 2.26. The summed E-state index contributed by atoms with van der Waals surface area (Å²) in [6.07, 6.45) is 6.23. The Morgan fingerprint density at radius 1 is 0.933 bits per heavy atom. The van der Waals surface area contributed by atoms with E-state index in [1.807, 2.05) is 30.3 Å². The van der Waals surface area contributed by atoms with Gasteiger partial charge in [0.25, 0.3) is 5.91 Å². The van der Waals surface area contributed by atoms with Gasteiger partial charge in [0.1, 0.15) is 23.6 Å². The van der Waals surface area contributed by atoms with Crippen LogP contribution in [-0.4, -0.2) is 49.3 Å². The molecular weight excluding hydrogens is 570 g/mol. The van der Waals surface area contributed by atoms with Crippen LogP contribution in [0.2, 0.25) is 0 Å². The van der Waals surface area contributed by atoms with Crippen LogP contribution in [0.1, 0.15) is 56.3 Å². The number of benzene rings is 3. The third-order valence-electron chi connectivity index (χ3n) is 7.67. The van der Waals surface area contributed by atoms with Crippen LogP contribution >= 0.6 is 0 Å². The van der Waals surface area contributed by atoms with Crippen LogP contribution < -0.4 is 24.8 Å². The number of nitrogens with zero attached hydrogens (tertiary/aromatic N) is 1. The summed E-state index contributed by atoms with van der Waals surface area (Å²) in [5.41, 5.74) is 1.92. The number of pyridine rings is 1. The maximum Gasteiger partial charge on any atom is 0.323 e. The highest BCUT2D eigenvalue weighted by Crippen LogP contribution is 2.37. The van der Waals surface area contributed by atoms with Gasteiger partial charge in [0.2, 0.25) is 0 Å². The minimum absolute atomic E-state index is 0.0169. The first-order valence-electron chi connectivity index (χ1n) is 15.6. The number of hydrogen-bond acceptors (Lipinski definition) is 8.